The fourth-order valence-electron chi connectivity index (χ4n) is 1.32. The summed E-state index contributed by atoms with van der Waals surface area (Å²) in [5.74, 6) is 0.835. The van der Waals surface area contributed by atoms with Gasteiger partial charge in [0.25, 0.3) is 0 Å². The van der Waals surface area contributed by atoms with E-state index in [0.717, 1.165) is 25.1 Å². The normalized spacial score (nSPS) is 16.3. The van der Waals surface area contributed by atoms with Crippen LogP contribution in [0.4, 0.5) is 0 Å². The molecule has 15 heavy (non-hydrogen) atoms. The van der Waals surface area contributed by atoms with Gasteiger partial charge >= 0.3 is 0 Å². The molecule has 0 aromatic rings. The van der Waals surface area contributed by atoms with Crippen LogP contribution < -0.4 is 5.32 Å². The lowest BCUT2D eigenvalue weighted by atomic mass is 10.2. The zero-order chi connectivity index (χ0) is 11.9. The SMILES string of the molecule is CCCNC(C)CCCS(=O)C(C)(C)C. The Morgan fingerprint density at radius 2 is 1.93 bits per heavy atom. The molecule has 92 valence electrons. The van der Waals surface area contributed by atoms with Crippen LogP contribution in [-0.2, 0) is 10.8 Å². The standard InChI is InChI=1S/C12H27NOS/c1-6-9-13-11(2)8-7-10-15(14)12(3,4)5/h11,13H,6-10H2,1-5H3. The average molecular weight is 233 g/mol. The van der Waals surface area contributed by atoms with Gasteiger partial charge < -0.3 is 5.32 Å². The molecule has 0 aromatic carbocycles. The number of nitrogens with one attached hydrogen (secondary N) is 1. The molecule has 3 heteroatoms. The first-order valence-electron chi connectivity index (χ1n) is 5.99. The summed E-state index contributed by atoms with van der Waals surface area (Å²) in [6, 6.07) is 0.557. The van der Waals surface area contributed by atoms with E-state index in [2.05, 4.69) is 19.2 Å². The molecular formula is C12H27NOS. The molecule has 0 heterocycles. The quantitative estimate of drug-likeness (QED) is 0.732. The molecule has 0 fully saturated rings. The highest BCUT2D eigenvalue weighted by Gasteiger charge is 2.18. The summed E-state index contributed by atoms with van der Waals surface area (Å²) in [5.41, 5.74) is 0. The number of hydrogen-bond acceptors (Lipinski definition) is 2. The lowest BCUT2D eigenvalue weighted by Crippen LogP contribution is -2.28. The highest BCUT2D eigenvalue weighted by atomic mass is 32.2. The van der Waals surface area contributed by atoms with Gasteiger partial charge in [-0.25, -0.2) is 0 Å². The predicted molar refractivity (Wildman–Crippen MR) is 69.8 cm³/mol. The maximum Gasteiger partial charge on any atom is 0.0375 e. The summed E-state index contributed by atoms with van der Waals surface area (Å²) in [5, 5.41) is 3.45. The minimum absolute atomic E-state index is 0.0555. The van der Waals surface area contributed by atoms with Gasteiger partial charge in [0, 0.05) is 27.3 Å². The maximum atomic E-state index is 11.8. The number of hydrogen-bond donors (Lipinski definition) is 1. The van der Waals surface area contributed by atoms with Crippen molar-refractivity contribution in [1.82, 2.24) is 5.32 Å². The van der Waals surface area contributed by atoms with E-state index in [1.165, 1.54) is 6.42 Å². The van der Waals surface area contributed by atoms with Gasteiger partial charge in [0.15, 0.2) is 0 Å². The Morgan fingerprint density at radius 1 is 1.33 bits per heavy atom. The van der Waals surface area contributed by atoms with Crippen molar-refractivity contribution in [2.24, 2.45) is 0 Å². The van der Waals surface area contributed by atoms with Crippen molar-refractivity contribution in [2.45, 2.75) is 64.7 Å². The molecule has 0 aromatic heterocycles. The third-order valence-corrected chi connectivity index (χ3v) is 4.42. The molecule has 0 aliphatic heterocycles. The first kappa shape index (κ1) is 15.1. The highest BCUT2D eigenvalue weighted by Crippen LogP contribution is 2.13. The van der Waals surface area contributed by atoms with Crippen LogP contribution in [-0.4, -0.2) is 27.3 Å². The van der Waals surface area contributed by atoms with E-state index < -0.39 is 10.8 Å². The van der Waals surface area contributed by atoms with Crippen molar-refractivity contribution in [3.63, 3.8) is 0 Å². The van der Waals surface area contributed by atoms with Gasteiger partial charge in [-0.2, -0.15) is 0 Å². The van der Waals surface area contributed by atoms with Crippen LogP contribution in [0, 0.1) is 0 Å². The lowest BCUT2D eigenvalue weighted by molar-refractivity contribution is 0.508. The average Bonchev–Trinajstić information content (AvgIpc) is 2.13. The monoisotopic (exact) mass is 233 g/mol. The fourth-order valence-corrected chi connectivity index (χ4v) is 2.36. The van der Waals surface area contributed by atoms with Crippen LogP contribution in [0.1, 0.15) is 53.9 Å². The Bertz CT molecular complexity index is 187. The molecule has 2 nitrogen and oxygen atoms in total. The number of rotatable bonds is 7. The van der Waals surface area contributed by atoms with Crippen molar-refractivity contribution >= 4 is 10.8 Å². The Kier molecular flexibility index (Phi) is 7.45. The largest absolute Gasteiger partial charge is 0.314 e. The van der Waals surface area contributed by atoms with Crippen LogP contribution in [0.25, 0.3) is 0 Å². The highest BCUT2D eigenvalue weighted by molar-refractivity contribution is 7.86. The summed E-state index contributed by atoms with van der Waals surface area (Å²) < 4.78 is 11.7. The smallest absolute Gasteiger partial charge is 0.0375 e. The van der Waals surface area contributed by atoms with Crippen LogP contribution in [0.5, 0.6) is 0 Å². The third kappa shape index (κ3) is 7.97. The molecular weight excluding hydrogens is 206 g/mol. The van der Waals surface area contributed by atoms with E-state index >= 15 is 0 Å². The van der Waals surface area contributed by atoms with Crippen LogP contribution >= 0.6 is 0 Å². The van der Waals surface area contributed by atoms with Gasteiger partial charge in [-0.05, 0) is 53.5 Å². The molecule has 1 N–H and O–H groups in total. The van der Waals surface area contributed by atoms with Crippen molar-refractivity contribution in [3.05, 3.63) is 0 Å². The van der Waals surface area contributed by atoms with Crippen molar-refractivity contribution < 1.29 is 4.21 Å². The predicted octanol–water partition coefficient (Wildman–Crippen LogP) is 2.70. The zero-order valence-electron chi connectivity index (χ0n) is 10.9. The van der Waals surface area contributed by atoms with Gasteiger partial charge in [0.05, 0.1) is 0 Å². The molecule has 2 unspecified atom stereocenters. The Hall–Kier alpha value is 0.110. The van der Waals surface area contributed by atoms with E-state index in [0.29, 0.717) is 6.04 Å². The molecule has 0 amide bonds. The van der Waals surface area contributed by atoms with Crippen LogP contribution in [0.2, 0.25) is 0 Å². The first-order valence-corrected chi connectivity index (χ1v) is 7.31. The first-order chi connectivity index (χ1) is 6.88. The van der Waals surface area contributed by atoms with Crippen molar-refractivity contribution in [2.75, 3.05) is 12.3 Å². The summed E-state index contributed by atoms with van der Waals surface area (Å²) in [4.78, 5) is 0. The Morgan fingerprint density at radius 3 is 2.40 bits per heavy atom. The Labute approximate surface area is 97.7 Å². The van der Waals surface area contributed by atoms with Crippen LogP contribution in [0.15, 0.2) is 0 Å². The molecule has 0 radical (unpaired) electrons. The Balaban J connectivity index is 3.57. The molecule has 0 spiro atoms. The molecule has 0 saturated carbocycles. The second kappa shape index (κ2) is 7.39. The van der Waals surface area contributed by atoms with E-state index in [1.54, 1.807) is 0 Å². The van der Waals surface area contributed by atoms with E-state index in [9.17, 15) is 4.21 Å². The molecule has 0 rings (SSSR count). The zero-order valence-corrected chi connectivity index (χ0v) is 11.7. The van der Waals surface area contributed by atoms with Gasteiger partial charge in [-0.3, -0.25) is 4.21 Å². The van der Waals surface area contributed by atoms with Gasteiger partial charge in [0.1, 0.15) is 0 Å². The van der Waals surface area contributed by atoms with E-state index in [4.69, 9.17) is 0 Å². The molecule has 0 aliphatic carbocycles. The maximum absolute atomic E-state index is 11.8. The molecule has 2 atom stereocenters. The summed E-state index contributed by atoms with van der Waals surface area (Å²) >= 11 is 0. The van der Waals surface area contributed by atoms with Crippen LogP contribution in [0.3, 0.4) is 0 Å². The second-order valence-corrected chi connectivity index (χ2v) is 7.48. The minimum Gasteiger partial charge on any atom is -0.314 e. The van der Waals surface area contributed by atoms with Crippen molar-refractivity contribution in [1.29, 1.82) is 0 Å². The topological polar surface area (TPSA) is 29.1 Å². The van der Waals surface area contributed by atoms with Gasteiger partial charge in [-0.15, -0.1) is 0 Å². The summed E-state index contributed by atoms with van der Waals surface area (Å²) in [6.45, 7) is 11.6. The summed E-state index contributed by atoms with van der Waals surface area (Å²) in [7, 11) is -0.687. The molecule has 0 aliphatic rings. The lowest BCUT2D eigenvalue weighted by Gasteiger charge is -2.18. The fraction of sp³-hybridized carbons (Fsp3) is 1.00. The minimum atomic E-state index is -0.687. The van der Waals surface area contributed by atoms with Crippen molar-refractivity contribution in [3.8, 4) is 0 Å². The third-order valence-electron chi connectivity index (χ3n) is 2.39. The molecule has 0 saturated heterocycles. The van der Waals surface area contributed by atoms with E-state index in [1.807, 2.05) is 20.8 Å². The molecule has 0 bridgehead atoms. The second-order valence-electron chi connectivity index (χ2n) is 5.16. The van der Waals surface area contributed by atoms with E-state index in [-0.39, 0.29) is 4.75 Å². The van der Waals surface area contributed by atoms with Gasteiger partial charge in [0.2, 0.25) is 0 Å². The van der Waals surface area contributed by atoms with Gasteiger partial charge in [-0.1, -0.05) is 6.92 Å². The summed E-state index contributed by atoms with van der Waals surface area (Å²) in [6.07, 6.45) is 3.36.